The van der Waals surface area contributed by atoms with Crippen LogP contribution in [-0.4, -0.2) is 76.9 Å². The highest BCUT2D eigenvalue weighted by molar-refractivity contribution is 6.01. The molecule has 260 valence electrons. The summed E-state index contributed by atoms with van der Waals surface area (Å²) in [6.07, 6.45) is 4.04. The van der Waals surface area contributed by atoms with Crippen LogP contribution in [0.1, 0.15) is 73.1 Å². The number of aliphatic hydroxyl groups is 2. The second-order valence-corrected chi connectivity index (χ2v) is 13.9. The molecule has 4 aliphatic rings. The van der Waals surface area contributed by atoms with E-state index in [1.807, 2.05) is 13.0 Å². The maximum absolute atomic E-state index is 17.3. The van der Waals surface area contributed by atoms with Gasteiger partial charge in [0.1, 0.15) is 11.7 Å². The van der Waals surface area contributed by atoms with E-state index in [2.05, 4.69) is 0 Å². The Morgan fingerprint density at radius 1 is 1.15 bits per heavy atom. The van der Waals surface area contributed by atoms with Crippen LogP contribution in [0, 0.1) is 34.5 Å². The molecule has 0 aromatic rings. The predicted molar refractivity (Wildman–Crippen MR) is 164 cm³/mol. The first-order valence-corrected chi connectivity index (χ1v) is 16.0. The lowest BCUT2D eigenvalue weighted by Gasteiger charge is -2.62. The van der Waals surface area contributed by atoms with Gasteiger partial charge in [0, 0.05) is 16.7 Å². The second kappa shape index (κ2) is 13.5. The molecule has 4 aliphatic carbocycles. The van der Waals surface area contributed by atoms with E-state index in [4.69, 9.17) is 24.7 Å². The summed E-state index contributed by atoms with van der Waals surface area (Å²) in [6.45, 7) is 6.80. The van der Waals surface area contributed by atoms with Crippen molar-refractivity contribution >= 4 is 29.8 Å². The highest BCUT2D eigenvalue weighted by Gasteiger charge is 2.75. The van der Waals surface area contributed by atoms with Gasteiger partial charge in [-0.3, -0.25) is 14.4 Å². The van der Waals surface area contributed by atoms with Gasteiger partial charge in [0.2, 0.25) is 18.5 Å². The first kappa shape index (κ1) is 36.3. The van der Waals surface area contributed by atoms with Crippen molar-refractivity contribution < 1.29 is 57.5 Å². The number of hydrogen-bond acceptors (Lipinski definition) is 11. The summed E-state index contributed by atoms with van der Waals surface area (Å²) in [5.74, 6) is -3.86. The Labute approximate surface area is 273 Å². The van der Waals surface area contributed by atoms with E-state index in [1.165, 1.54) is 18.2 Å². The van der Waals surface area contributed by atoms with Crippen LogP contribution in [0.3, 0.4) is 0 Å². The van der Waals surface area contributed by atoms with E-state index >= 15 is 4.39 Å². The number of carbonyl (C=O) groups excluding carboxylic acids is 5. The molecule has 3 saturated carbocycles. The van der Waals surface area contributed by atoms with Crippen LogP contribution in [0.5, 0.6) is 0 Å². The largest absolute Gasteiger partial charge is 0.511 e. The molecular weight excluding hydrogens is 617 g/mol. The van der Waals surface area contributed by atoms with Crippen LogP contribution >= 0.6 is 0 Å². The molecule has 4 N–H and O–H groups in total. The van der Waals surface area contributed by atoms with Crippen molar-refractivity contribution in [3.05, 3.63) is 36.0 Å². The molecule has 10 atom stereocenters. The van der Waals surface area contributed by atoms with Gasteiger partial charge in [0.15, 0.2) is 18.1 Å². The number of primary amides is 1. The lowest BCUT2D eigenvalue weighted by atomic mass is 9.44. The van der Waals surface area contributed by atoms with E-state index in [9.17, 15) is 34.2 Å². The summed E-state index contributed by atoms with van der Waals surface area (Å²) in [7, 11) is 0. The number of ketones is 2. The fraction of sp³-hybridized carbons (Fsp3) is 0.676. The zero-order valence-corrected chi connectivity index (χ0v) is 27.5. The van der Waals surface area contributed by atoms with Gasteiger partial charge >= 0.3 is 12.3 Å². The summed E-state index contributed by atoms with van der Waals surface area (Å²) in [6, 6.07) is 0. The van der Waals surface area contributed by atoms with Crippen molar-refractivity contribution in [3.8, 4) is 0 Å². The molecule has 0 aromatic carbocycles. The maximum Gasteiger partial charge on any atom is 0.511 e. The molecule has 4 rings (SSSR count). The van der Waals surface area contributed by atoms with Gasteiger partial charge in [-0.2, -0.15) is 0 Å². The molecule has 0 heterocycles. The van der Waals surface area contributed by atoms with Gasteiger partial charge in [-0.1, -0.05) is 44.6 Å². The van der Waals surface area contributed by atoms with Gasteiger partial charge in [-0.25, -0.2) is 14.0 Å². The fourth-order valence-electron chi connectivity index (χ4n) is 8.76. The van der Waals surface area contributed by atoms with Crippen molar-refractivity contribution in [1.29, 1.82) is 0 Å². The van der Waals surface area contributed by atoms with Gasteiger partial charge in [0.05, 0.1) is 12.5 Å². The van der Waals surface area contributed by atoms with E-state index in [0.717, 1.165) is 0 Å². The molecular formula is C34H46FNO11. The van der Waals surface area contributed by atoms with Gasteiger partial charge in [-0.05, 0) is 75.9 Å². The van der Waals surface area contributed by atoms with Crippen LogP contribution in [-0.2, 0) is 33.3 Å². The first-order valence-electron chi connectivity index (χ1n) is 16.0. The molecule has 0 aliphatic heterocycles. The monoisotopic (exact) mass is 663 g/mol. The average Bonchev–Trinajstić information content (AvgIpc) is 3.20. The Kier molecular flexibility index (Phi) is 10.4. The average molecular weight is 664 g/mol. The Morgan fingerprint density at radius 3 is 2.49 bits per heavy atom. The Morgan fingerprint density at radius 2 is 1.83 bits per heavy atom. The van der Waals surface area contributed by atoms with Crippen molar-refractivity contribution in [2.24, 2.45) is 40.2 Å². The minimum absolute atomic E-state index is 0.228. The van der Waals surface area contributed by atoms with Crippen LogP contribution in [0.15, 0.2) is 36.0 Å². The van der Waals surface area contributed by atoms with Crippen LogP contribution in [0.4, 0.5) is 14.0 Å². The fourth-order valence-corrected chi connectivity index (χ4v) is 8.76. The summed E-state index contributed by atoms with van der Waals surface area (Å²) in [5, 5.41) is 23.5. The van der Waals surface area contributed by atoms with Crippen molar-refractivity contribution in [3.63, 3.8) is 0 Å². The van der Waals surface area contributed by atoms with E-state index in [0.29, 0.717) is 31.3 Å². The number of nitrogens with two attached hydrogens (primary N) is 1. The summed E-state index contributed by atoms with van der Waals surface area (Å²) < 4.78 is 36.9. The zero-order valence-electron chi connectivity index (χ0n) is 27.5. The minimum atomic E-state index is -2.13. The summed E-state index contributed by atoms with van der Waals surface area (Å²) >= 11 is 0. The van der Waals surface area contributed by atoms with Gasteiger partial charge < -0.3 is 34.9 Å². The number of carbonyl (C=O) groups is 5. The van der Waals surface area contributed by atoms with Crippen molar-refractivity contribution in [2.45, 2.75) is 96.6 Å². The number of allylic oxidation sites excluding steroid dienone is 6. The second-order valence-electron chi connectivity index (χ2n) is 13.9. The number of Topliss-reactive ketones (excluding diaryl/α,β-unsaturated/α-hetero) is 1. The molecule has 0 radical (unpaired) electrons. The number of halogens is 1. The third kappa shape index (κ3) is 6.24. The summed E-state index contributed by atoms with van der Waals surface area (Å²) in [4.78, 5) is 61.4. The molecule has 0 bridgehead atoms. The van der Waals surface area contributed by atoms with E-state index < -0.39 is 89.5 Å². The standard InChI is InChI=1S/C34H46FNO11/c1-6-7-8-19(2)25(15-28(36)40)47-30(42)46-18-45-29(41)44-17-27(39)34(43)20(3)13-24-23-10-9-21-14-22(37)11-12-31(21,4)33(23,35)26(38)16-32(24,34)5/h6-7,11-12,14,19-20,23-26,38,43H,8-10,13,15-18H2,1-5H3,(H2,36,40)/b7-6+/t19-,20-,23?,24?,25+,26+,31+,32+,33+,34+/m1/s1. The van der Waals surface area contributed by atoms with E-state index in [-0.39, 0.29) is 24.5 Å². The third-order valence-corrected chi connectivity index (χ3v) is 11.4. The number of amides is 1. The Hall–Kier alpha value is -3.58. The van der Waals surface area contributed by atoms with Gasteiger partial charge in [-0.15, -0.1) is 0 Å². The van der Waals surface area contributed by atoms with Crippen LogP contribution < -0.4 is 5.73 Å². The predicted octanol–water partition coefficient (Wildman–Crippen LogP) is 4.01. The van der Waals surface area contributed by atoms with Gasteiger partial charge in [0.25, 0.3) is 0 Å². The molecule has 3 fully saturated rings. The number of alkyl halides is 1. The number of fused-ring (bicyclic) bond motifs is 5. The molecule has 0 spiro atoms. The normalized spacial score (nSPS) is 37.1. The lowest BCUT2D eigenvalue weighted by Crippen LogP contribution is -2.69. The number of rotatable bonds is 11. The van der Waals surface area contributed by atoms with E-state index in [1.54, 1.807) is 33.8 Å². The molecule has 1 amide bonds. The van der Waals surface area contributed by atoms with Crippen molar-refractivity contribution in [1.82, 2.24) is 0 Å². The van der Waals surface area contributed by atoms with Crippen molar-refractivity contribution in [2.75, 3.05) is 13.4 Å². The number of aliphatic hydroxyl groups excluding tert-OH is 1. The summed E-state index contributed by atoms with van der Waals surface area (Å²) in [5.41, 5.74) is -0.778. The minimum Gasteiger partial charge on any atom is -0.430 e. The SMILES string of the molecule is C/C=C/C[C@@H](C)[C@H](CC(N)=O)OC(=O)OCOC(=O)OCC(=O)[C@@]1(O)[C@H](C)CC2C3CCC4=CC(=O)C=C[C@]4(C)[C@@]3(F)[C@@H](O)C[C@@]21C. The molecule has 13 heteroatoms. The first-order chi connectivity index (χ1) is 21.9. The molecule has 2 unspecified atom stereocenters. The molecule has 12 nitrogen and oxygen atoms in total. The highest BCUT2D eigenvalue weighted by Crippen LogP contribution is 2.70. The van der Waals surface area contributed by atoms with Crippen LogP contribution in [0.2, 0.25) is 0 Å². The topological polar surface area (TPSA) is 189 Å². The smallest absolute Gasteiger partial charge is 0.430 e. The zero-order chi connectivity index (χ0) is 34.9. The quantitative estimate of drug-likeness (QED) is 0.165. The maximum atomic E-state index is 17.3. The lowest BCUT2D eigenvalue weighted by molar-refractivity contribution is -0.219. The molecule has 0 saturated heterocycles. The number of ether oxygens (including phenoxy) is 4. The Balaban J connectivity index is 1.36. The highest BCUT2D eigenvalue weighted by atomic mass is 19.1. The van der Waals surface area contributed by atoms with Crippen LogP contribution in [0.25, 0.3) is 0 Å². The Bertz CT molecular complexity index is 1380. The molecule has 47 heavy (non-hydrogen) atoms. The third-order valence-electron chi connectivity index (χ3n) is 11.4. The molecule has 0 aromatic heterocycles. The number of hydrogen-bond donors (Lipinski definition) is 3.